The Kier molecular flexibility index (Phi) is 4.93. The second-order valence-corrected chi connectivity index (χ2v) is 8.67. The van der Waals surface area contributed by atoms with Crippen molar-refractivity contribution >= 4 is 34.1 Å². The van der Waals surface area contributed by atoms with Gasteiger partial charge < -0.3 is 10.6 Å². The van der Waals surface area contributed by atoms with Crippen LogP contribution in [0.1, 0.15) is 12.8 Å². The molecule has 0 spiro atoms. The largest absolute Gasteiger partial charge is 0.369 e. The van der Waals surface area contributed by atoms with E-state index >= 15 is 0 Å². The standard InChI is InChI=1S/C24H22N4OS/c25-23(29)17-12-14-28(15-13-17)24-26-19-9-5-4-8-18(19)22(27-24)21-11-10-20(30-21)16-6-2-1-3-7-16/h1-11,17H,12-15H2,(H2,25,29). The first-order chi connectivity index (χ1) is 14.7. The molecule has 0 radical (unpaired) electrons. The number of anilines is 1. The van der Waals surface area contributed by atoms with Crippen LogP contribution >= 0.6 is 11.3 Å². The molecule has 2 aromatic carbocycles. The molecule has 2 aromatic heterocycles. The van der Waals surface area contributed by atoms with E-state index in [1.807, 2.05) is 24.3 Å². The fourth-order valence-electron chi connectivity index (χ4n) is 3.98. The minimum absolute atomic E-state index is 0.0492. The van der Waals surface area contributed by atoms with Crippen molar-refractivity contribution in [3.8, 4) is 21.0 Å². The quantitative estimate of drug-likeness (QED) is 0.524. The summed E-state index contributed by atoms with van der Waals surface area (Å²) in [5.74, 6) is 0.468. The molecular weight excluding hydrogens is 392 g/mol. The van der Waals surface area contributed by atoms with E-state index in [4.69, 9.17) is 15.7 Å². The number of primary amides is 1. The molecule has 1 aliphatic rings. The predicted molar refractivity (Wildman–Crippen MR) is 122 cm³/mol. The van der Waals surface area contributed by atoms with Gasteiger partial charge in [0.1, 0.15) is 0 Å². The Hall–Kier alpha value is -3.25. The van der Waals surface area contributed by atoms with Crippen LogP contribution in [-0.4, -0.2) is 29.0 Å². The van der Waals surface area contributed by atoms with Gasteiger partial charge in [0.25, 0.3) is 0 Å². The minimum Gasteiger partial charge on any atom is -0.369 e. The van der Waals surface area contributed by atoms with Crippen LogP contribution in [-0.2, 0) is 4.79 Å². The SMILES string of the molecule is NC(=O)C1CCN(c2nc(-c3ccc(-c4ccccc4)s3)c3ccccc3n2)CC1. The molecule has 6 heteroatoms. The van der Waals surface area contributed by atoms with Gasteiger partial charge in [0.2, 0.25) is 11.9 Å². The van der Waals surface area contributed by atoms with E-state index in [1.54, 1.807) is 11.3 Å². The zero-order valence-electron chi connectivity index (χ0n) is 16.5. The van der Waals surface area contributed by atoms with Gasteiger partial charge in [-0.1, -0.05) is 48.5 Å². The lowest BCUT2D eigenvalue weighted by molar-refractivity contribution is -0.122. The molecule has 5 rings (SSSR count). The van der Waals surface area contributed by atoms with Crippen LogP contribution in [0.4, 0.5) is 5.95 Å². The first-order valence-corrected chi connectivity index (χ1v) is 11.0. The molecule has 0 bridgehead atoms. The second-order valence-electron chi connectivity index (χ2n) is 7.58. The lowest BCUT2D eigenvalue weighted by Crippen LogP contribution is -2.39. The number of hydrogen-bond acceptors (Lipinski definition) is 5. The zero-order valence-corrected chi connectivity index (χ0v) is 17.3. The summed E-state index contributed by atoms with van der Waals surface area (Å²) in [4.78, 5) is 25.8. The minimum atomic E-state index is -0.207. The molecule has 150 valence electrons. The fourth-order valence-corrected chi connectivity index (χ4v) is 5.00. The number of benzene rings is 2. The number of para-hydroxylation sites is 1. The zero-order chi connectivity index (χ0) is 20.5. The molecule has 0 atom stereocenters. The van der Waals surface area contributed by atoms with Crippen LogP contribution in [0.15, 0.2) is 66.7 Å². The van der Waals surface area contributed by atoms with Gasteiger partial charge >= 0.3 is 0 Å². The summed E-state index contributed by atoms with van der Waals surface area (Å²) >= 11 is 1.74. The molecular formula is C24H22N4OS. The Morgan fingerprint density at radius 3 is 2.37 bits per heavy atom. The summed E-state index contributed by atoms with van der Waals surface area (Å²) in [5, 5.41) is 1.05. The van der Waals surface area contributed by atoms with Gasteiger partial charge in [-0.2, -0.15) is 0 Å². The van der Waals surface area contributed by atoms with Crippen LogP contribution in [0.5, 0.6) is 0 Å². The fraction of sp³-hybridized carbons (Fsp3) is 0.208. The molecule has 1 saturated heterocycles. The first kappa shape index (κ1) is 18.8. The topological polar surface area (TPSA) is 72.1 Å². The number of fused-ring (bicyclic) bond motifs is 1. The Labute approximate surface area is 179 Å². The van der Waals surface area contributed by atoms with Crippen molar-refractivity contribution < 1.29 is 4.79 Å². The molecule has 30 heavy (non-hydrogen) atoms. The highest BCUT2D eigenvalue weighted by Crippen LogP contribution is 2.37. The van der Waals surface area contributed by atoms with Gasteiger partial charge in [0.05, 0.1) is 16.1 Å². The lowest BCUT2D eigenvalue weighted by atomic mass is 9.96. The van der Waals surface area contributed by atoms with Crippen LogP contribution in [0.3, 0.4) is 0 Å². The molecule has 2 N–H and O–H groups in total. The maximum Gasteiger partial charge on any atom is 0.226 e. The molecule has 0 aliphatic carbocycles. The number of amides is 1. The number of thiophene rings is 1. The van der Waals surface area contributed by atoms with Crippen molar-refractivity contribution in [3.63, 3.8) is 0 Å². The lowest BCUT2D eigenvalue weighted by Gasteiger charge is -2.30. The van der Waals surface area contributed by atoms with Crippen molar-refractivity contribution in [3.05, 3.63) is 66.7 Å². The summed E-state index contributed by atoms with van der Waals surface area (Å²) in [6.07, 6.45) is 1.50. The van der Waals surface area contributed by atoms with Crippen molar-refractivity contribution in [2.24, 2.45) is 11.7 Å². The Morgan fingerprint density at radius 1 is 0.900 bits per heavy atom. The van der Waals surface area contributed by atoms with Crippen molar-refractivity contribution in [1.82, 2.24) is 9.97 Å². The average Bonchev–Trinajstić information content (AvgIpc) is 3.29. The maximum absolute atomic E-state index is 11.5. The number of piperidine rings is 1. The van der Waals surface area contributed by atoms with Crippen LogP contribution in [0.25, 0.3) is 31.9 Å². The van der Waals surface area contributed by atoms with Crippen molar-refractivity contribution in [2.75, 3.05) is 18.0 Å². The molecule has 5 nitrogen and oxygen atoms in total. The van der Waals surface area contributed by atoms with Crippen LogP contribution < -0.4 is 10.6 Å². The number of carbonyl (C=O) groups excluding carboxylic acids is 1. The molecule has 0 saturated carbocycles. The van der Waals surface area contributed by atoms with Gasteiger partial charge in [0, 0.05) is 29.3 Å². The molecule has 0 unspecified atom stereocenters. The molecule has 3 heterocycles. The third-order valence-electron chi connectivity index (χ3n) is 5.67. The van der Waals surface area contributed by atoms with E-state index in [0.29, 0.717) is 0 Å². The average molecular weight is 415 g/mol. The van der Waals surface area contributed by atoms with Crippen molar-refractivity contribution in [2.45, 2.75) is 12.8 Å². The van der Waals surface area contributed by atoms with Gasteiger partial charge in [-0.15, -0.1) is 11.3 Å². The molecule has 1 fully saturated rings. The Morgan fingerprint density at radius 2 is 1.60 bits per heavy atom. The number of hydrogen-bond donors (Lipinski definition) is 1. The summed E-state index contributed by atoms with van der Waals surface area (Å²) in [7, 11) is 0. The van der Waals surface area contributed by atoms with Gasteiger partial charge in [0.15, 0.2) is 0 Å². The normalized spacial score (nSPS) is 14.9. The number of rotatable bonds is 4. The van der Waals surface area contributed by atoms with E-state index in [-0.39, 0.29) is 11.8 Å². The molecule has 4 aromatic rings. The number of aromatic nitrogens is 2. The third kappa shape index (κ3) is 3.55. The smallest absolute Gasteiger partial charge is 0.226 e. The van der Waals surface area contributed by atoms with Crippen LogP contribution in [0, 0.1) is 5.92 Å². The second kappa shape index (κ2) is 7.88. The Bertz CT molecular complexity index is 1200. The van der Waals surface area contributed by atoms with E-state index in [9.17, 15) is 4.79 Å². The highest BCUT2D eigenvalue weighted by molar-refractivity contribution is 7.18. The van der Waals surface area contributed by atoms with Gasteiger partial charge in [-0.05, 0) is 36.6 Å². The van der Waals surface area contributed by atoms with Crippen LogP contribution in [0.2, 0.25) is 0 Å². The summed E-state index contributed by atoms with van der Waals surface area (Å²) in [5.41, 5.74) is 8.59. The maximum atomic E-state index is 11.5. The first-order valence-electron chi connectivity index (χ1n) is 10.2. The highest BCUT2D eigenvalue weighted by Gasteiger charge is 2.25. The molecule has 1 aliphatic heterocycles. The number of carbonyl (C=O) groups is 1. The molecule has 1 amide bonds. The van der Waals surface area contributed by atoms with E-state index in [1.165, 1.54) is 10.4 Å². The predicted octanol–water partition coefficient (Wildman–Crippen LogP) is 4.73. The number of nitrogens with zero attached hydrogens (tertiary/aromatic N) is 3. The number of nitrogens with two attached hydrogens (primary N) is 1. The van der Waals surface area contributed by atoms with E-state index < -0.39 is 0 Å². The van der Waals surface area contributed by atoms with Gasteiger partial charge in [-0.25, -0.2) is 9.97 Å². The highest BCUT2D eigenvalue weighted by atomic mass is 32.1. The monoisotopic (exact) mass is 414 g/mol. The summed E-state index contributed by atoms with van der Waals surface area (Å²) < 4.78 is 0. The Balaban J connectivity index is 1.54. The third-order valence-corrected chi connectivity index (χ3v) is 6.81. The van der Waals surface area contributed by atoms with Gasteiger partial charge in [-0.3, -0.25) is 4.79 Å². The van der Waals surface area contributed by atoms with Crippen molar-refractivity contribution in [1.29, 1.82) is 0 Å². The van der Waals surface area contributed by atoms with E-state index in [2.05, 4.69) is 47.4 Å². The summed E-state index contributed by atoms with van der Waals surface area (Å²) in [6.45, 7) is 1.48. The van der Waals surface area contributed by atoms with E-state index in [0.717, 1.165) is 53.4 Å². The summed E-state index contributed by atoms with van der Waals surface area (Å²) in [6, 6.07) is 22.8.